The highest BCUT2D eigenvalue weighted by Gasteiger charge is 2.49. The van der Waals surface area contributed by atoms with Gasteiger partial charge in [-0.3, -0.25) is 4.79 Å². The van der Waals surface area contributed by atoms with E-state index in [2.05, 4.69) is 22.1 Å². The van der Waals surface area contributed by atoms with Crippen molar-refractivity contribution in [3.05, 3.63) is 59.7 Å². The van der Waals surface area contributed by atoms with Crippen LogP contribution >= 0.6 is 0 Å². The van der Waals surface area contributed by atoms with Crippen molar-refractivity contribution in [1.82, 2.24) is 10.3 Å². The standard InChI is InChI=1S/C22H23F2N3O4/c1-3-4-13-30-17-9-5-15(6-10-17)14-25-27-19(28)22(2,26-21(27)29)16-7-11-18(12-8-16)31-20(23)24/h5-12,14,20H,3-4,13H2,1-2H3,(H,26,29)/b25-14-/t22-/m1/s1. The Balaban J connectivity index is 1.69. The zero-order chi connectivity index (χ0) is 22.4. The molecular formula is C22H23F2N3O4. The molecular weight excluding hydrogens is 408 g/mol. The van der Waals surface area contributed by atoms with Gasteiger partial charge in [0, 0.05) is 0 Å². The molecule has 1 aliphatic rings. The number of hydrogen-bond acceptors (Lipinski definition) is 5. The van der Waals surface area contributed by atoms with Crippen molar-refractivity contribution in [2.24, 2.45) is 5.10 Å². The SMILES string of the molecule is CCCCOc1ccc(/C=N\N2C(=O)N[C@](C)(c3ccc(OC(F)F)cc3)C2=O)cc1. The maximum absolute atomic E-state index is 12.9. The second-order valence-electron chi connectivity index (χ2n) is 7.09. The first-order chi connectivity index (χ1) is 14.8. The van der Waals surface area contributed by atoms with E-state index < -0.39 is 24.1 Å². The maximum atomic E-state index is 12.9. The molecule has 31 heavy (non-hydrogen) atoms. The molecule has 0 radical (unpaired) electrons. The first kappa shape index (κ1) is 22.2. The van der Waals surface area contributed by atoms with Crippen LogP contribution < -0.4 is 14.8 Å². The summed E-state index contributed by atoms with van der Waals surface area (Å²) in [4.78, 5) is 25.2. The fraction of sp³-hybridized carbons (Fsp3) is 0.318. The number of nitrogens with zero attached hydrogens (tertiary/aromatic N) is 2. The van der Waals surface area contributed by atoms with E-state index in [4.69, 9.17) is 4.74 Å². The van der Waals surface area contributed by atoms with Gasteiger partial charge in [0.2, 0.25) is 0 Å². The molecule has 0 aromatic heterocycles. The molecule has 3 rings (SSSR count). The van der Waals surface area contributed by atoms with Gasteiger partial charge in [0.25, 0.3) is 5.91 Å². The van der Waals surface area contributed by atoms with Gasteiger partial charge in [-0.1, -0.05) is 25.5 Å². The summed E-state index contributed by atoms with van der Waals surface area (Å²) in [6.07, 6.45) is 3.41. The highest BCUT2D eigenvalue weighted by atomic mass is 19.3. The number of carbonyl (C=O) groups excluding carboxylic acids is 2. The van der Waals surface area contributed by atoms with Gasteiger partial charge in [0.05, 0.1) is 12.8 Å². The van der Waals surface area contributed by atoms with Crippen LogP contribution in [-0.4, -0.2) is 36.4 Å². The Hall–Kier alpha value is -3.49. The minimum absolute atomic E-state index is 0.0453. The Morgan fingerprint density at radius 3 is 2.35 bits per heavy atom. The second-order valence-corrected chi connectivity index (χ2v) is 7.09. The molecule has 1 aliphatic heterocycles. The van der Waals surface area contributed by atoms with Gasteiger partial charge in [-0.2, -0.15) is 13.9 Å². The number of ether oxygens (including phenoxy) is 2. The number of amides is 3. The minimum Gasteiger partial charge on any atom is -0.494 e. The fourth-order valence-electron chi connectivity index (χ4n) is 3.00. The Bertz CT molecular complexity index is 948. The zero-order valence-corrected chi connectivity index (χ0v) is 17.2. The topological polar surface area (TPSA) is 80.2 Å². The average Bonchev–Trinajstić information content (AvgIpc) is 2.96. The molecule has 0 unspecified atom stereocenters. The predicted octanol–water partition coefficient (Wildman–Crippen LogP) is 4.27. The number of hydrogen-bond donors (Lipinski definition) is 1. The molecule has 1 heterocycles. The van der Waals surface area contributed by atoms with Gasteiger partial charge in [0.15, 0.2) is 0 Å². The van der Waals surface area contributed by atoms with Crippen molar-refractivity contribution in [1.29, 1.82) is 0 Å². The molecule has 164 valence electrons. The lowest BCUT2D eigenvalue weighted by Crippen LogP contribution is -2.40. The number of carbonyl (C=O) groups is 2. The monoisotopic (exact) mass is 431 g/mol. The van der Waals surface area contributed by atoms with Crippen molar-refractivity contribution in [3.63, 3.8) is 0 Å². The van der Waals surface area contributed by atoms with Crippen LogP contribution in [0.5, 0.6) is 11.5 Å². The molecule has 0 bridgehead atoms. The predicted molar refractivity (Wildman–Crippen MR) is 110 cm³/mol. The molecule has 1 fully saturated rings. The first-order valence-electron chi connectivity index (χ1n) is 9.82. The largest absolute Gasteiger partial charge is 0.494 e. The fourth-order valence-corrected chi connectivity index (χ4v) is 3.00. The van der Waals surface area contributed by atoms with Crippen LogP contribution in [0.25, 0.3) is 0 Å². The van der Waals surface area contributed by atoms with Crippen LogP contribution in [0.2, 0.25) is 0 Å². The number of hydrazone groups is 1. The van der Waals surface area contributed by atoms with E-state index in [0.717, 1.165) is 23.6 Å². The van der Waals surface area contributed by atoms with E-state index in [1.807, 2.05) is 0 Å². The number of imide groups is 1. The van der Waals surface area contributed by atoms with Crippen LogP contribution in [0.15, 0.2) is 53.6 Å². The highest BCUT2D eigenvalue weighted by molar-refractivity contribution is 6.07. The summed E-state index contributed by atoms with van der Waals surface area (Å²) in [6, 6.07) is 11.9. The Morgan fingerprint density at radius 1 is 1.10 bits per heavy atom. The van der Waals surface area contributed by atoms with Gasteiger partial charge >= 0.3 is 12.6 Å². The van der Waals surface area contributed by atoms with E-state index in [-0.39, 0.29) is 5.75 Å². The number of halogens is 2. The van der Waals surface area contributed by atoms with Crippen LogP contribution in [0.3, 0.4) is 0 Å². The molecule has 0 spiro atoms. The minimum atomic E-state index is -2.95. The molecule has 7 nitrogen and oxygen atoms in total. The van der Waals surface area contributed by atoms with Gasteiger partial charge in [-0.25, -0.2) is 4.79 Å². The number of unbranched alkanes of at least 4 members (excludes halogenated alkanes) is 1. The molecule has 0 aliphatic carbocycles. The lowest BCUT2D eigenvalue weighted by atomic mass is 9.92. The second kappa shape index (κ2) is 9.55. The van der Waals surface area contributed by atoms with Crippen molar-refractivity contribution in [3.8, 4) is 11.5 Å². The average molecular weight is 431 g/mol. The summed E-state index contributed by atoms with van der Waals surface area (Å²) < 4.78 is 34.5. The third-order valence-electron chi connectivity index (χ3n) is 4.80. The van der Waals surface area contributed by atoms with Crippen LogP contribution in [-0.2, 0) is 10.3 Å². The van der Waals surface area contributed by atoms with Gasteiger partial charge in [-0.05, 0) is 60.9 Å². The Labute approximate surface area is 178 Å². The van der Waals surface area contributed by atoms with Gasteiger partial charge in [0.1, 0.15) is 17.0 Å². The van der Waals surface area contributed by atoms with Crippen molar-refractivity contribution in [2.75, 3.05) is 6.61 Å². The smallest absolute Gasteiger partial charge is 0.387 e. The first-order valence-corrected chi connectivity index (χ1v) is 9.82. The van der Waals surface area contributed by atoms with Gasteiger partial charge < -0.3 is 14.8 Å². The summed E-state index contributed by atoms with van der Waals surface area (Å²) in [5.41, 5.74) is -0.279. The molecule has 0 saturated carbocycles. The summed E-state index contributed by atoms with van der Waals surface area (Å²) in [5, 5.41) is 7.36. The molecule has 9 heteroatoms. The maximum Gasteiger partial charge on any atom is 0.387 e. The number of nitrogens with one attached hydrogen (secondary N) is 1. The molecule has 2 aromatic rings. The third-order valence-corrected chi connectivity index (χ3v) is 4.80. The Kier molecular flexibility index (Phi) is 6.84. The zero-order valence-electron chi connectivity index (χ0n) is 17.2. The summed E-state index contributed by atoms with van der Waals surface area (Å²) >= 11 is 0. The Morgan fingerprint density at radius 2 is 1.74 bits per heavy atom. The lowest BCUT2D eigenvalue weighted by molar-refractivity contribution is -0.131. The van der Waals surface area contributed by atoms with Crippen LogP contribution in [0.4, 0.5) is 13.6 Å². The van der Waals surface area contributed by atoms with Crippen LogP contribution in [0, 0.1) is 0 Å². The van der Waals surface area contributed by atoms with E-state index >= 15 is 0 Å². The summed E-state index contributed by atoms with van der Waals surface area (Å²) in [7, 11) is 0. The molecule has 1 atom stereocenters. The van der Waals surface area contributed by atoms with Crippen molar-refractivity contribution >= 4 is 18.2 Å². The molecule has 1 N–H and O–H groups in total. The van der Waals surface area contributed by atoms with E-state index in [1.165, 1.54) is 37.4 Å². The number of rotatable bonds is 9. The summed E-state index contributed by atoms with van der Waals surface area (Å²) in [5.74, 6) is 0.0966. The normalized spacial score (nSPS) is 18.7. The third kappa shape index (κ3) is 5.17. The quantitative estimate of drug-likeness (QED) is 0.365. The molecule has 3 amide bonds. The number of benzene rings is 2. The highest BCUT2D eigenvalue weighted by Crippen LogP contribution is 2.30. The van der Waals surface area contributed by atoms with E-state index in [9.17, 15) is 18.4 Å². The van der Waals surface area contributed by atoms with E-state index in [0.29, 0.717) is 17.7 Å². The van der Waals surface area contributed by atoms with Crippen molar-refractivity contribution in [2.45, 2.75) is 38.8 Å². The van der Waals surface area contributed by atoms with Crippen molar-refractivity contribution < 1.29 is 27.8 Å². The molecule has 2 aromatic carbocycles. The number of urea groups is 1. The summed E-state index contributed by atoms with van der Waals surface area (Å²) in [6.45, 7) is 1.30. The van der Waals surface area contributed by atoms with Crippen LogP contribution in [0.1, 0.15) is 37.8 Å². The molecule has 1 saturated heterocycles. The lowest BCUT2D eigenvalue weighted by Gasteiger charge is -2.21. The van der Waals surface area contributed by atoms with Gasteiger partial charge in [-0.15, -0.1) is 5.01 Å². The van der Waals surface area contributed by atoms with E-state index in [1.54, 1.807) is 24.3 Å². The number of alkyl halides is 2.